The molecule has 2 aromatic carbocycles. The lowest BCUT2D eigenvalue weighted by Crippen LogP contribution is -2.40. The Morgan fingerprint density at radius 1 is 1.08 bits per heavy atom. The van der Waals surface area contributed by atoms with Crippen molar-refractivity contribution >= 4 is 5.97 Å². The lowest BCUT2D eigenvalue weighted by molar-refractivity contribution is 0.0696. The molecule has 3 aliphatic heterocycles. The molecule has 3 N–H and O–H groups in total. The third kappa shape index (κ3) is 2.38. The van der Waals surface area contributed by atoms with Crippen molar-refractivity contribution in [2.75, 3.05) is 0 Å². The second-order valence-corrected chi connectivity index (χ2v) is 7.70. The third-order valence-corrected chi connectivity index (χ3v) is 6.15. The standard InChI is InChI=1S/C21H21NO4/c23-17-3-1-2-16-19(12-8-13-5-6-14(9-12)22-13)15-7-4-11(21(24)25)10-18(15)26-20(16)17/h1-4,7,10,12-14,19,22-23H,5-6,8-9H2,(H,24,25). The topological polar surface area (TPSA) is 78.8 Å². The van der Waals surface area contributed by atoms with Gasteiger partial charge in [0.2, 0.25) is 0 Å². The van der Waals surface area contributed by atoms with Crippen LogP contribution in [0.2, 0.25) is 0 Å². The molecule has 0 saturated carbocycles. The lowest BCUT2D eigenvalue weighted by atomic mass is 9.73. The summed E-state index contributed by atoms with van der Waals surface area (Å²) in [4.78, 5) is 11.4. The van der Waals surface area contributed by atoms with Gasteiger partial charge in [-0.15, -0.1) is 0 Å². The molecule has 2 aromatic rings. The highest BCUT2D eigenvalue weighted by Gasteiger charge is 2.41. The Kier molecular flexibility index (Phi) is 3.47. The maximum Gasteiger partial charge on any atom is 0.335 e. The molecule has 2 bridgehead atoms. The molecule has 5 nitrogen and oxygen atoms in total. The first-order valence-corrected chi connectivity index (χ1v) is 9.23. The summed E-state index contributed by atoms with van der Waals surface area (Å²) in [6, 6.07) is 11.7. The highest BCUT2D eigenvalue weighted by Crippen LogP contribution is 2.53. The van der Waals surface area contributed by atoms with Gasteiger partial charge in [-0.3, -0.25) is 0 Å². The Morgan fingerprint density at radius 2 is 1.85 bits per heavy atom. The van der Waals surface area contributed by atoms with Crippen molar-refractivity contribution in [1.29, 1.82) is 0 Å². The van der Waals surface area contributed by atoms with E-state index in [-0.39, 0.29) is 17.2 Å². The van der Waals surface area contributed by atoms with Gasteiger partial charge >= 0.3 is 5.97 Å². The molecule has 2 saturated heterocycles. The number of para-hydroxylation sites is 1. The van der Waals surface area contributed by atoms with E-state index in [0.717, 1.165) is 24.0 Å². The second-order valence-electron chi connectivity index (χ2n) is 7.70. The molecule has 0 amide bonds. The van der Waals surface area contributed by atoms with Crippen LogP contribution in [0.25, 0.3) is 0 Å². The molecule has 26 heavy (non-hydrogen) atoms. The molecule has 3 unspecified atom stereocenters. The average molecular weight is 351 g/mol. The minimum atomic E-state index is -0.976. The largest absolute Gasteiger partial charge is 0.504 e. The number of aromatic hydroxyl groups is 1. The van der Waals surface area contributed by atoms with Crippen LogP contribution in [0.3, 0.4) is 0 Å². The first kappa shape index (κ1) is 15.7. The van der Waals surface area contributed by atoms with Gasteiger partial charge in [0.05, 0.1) is 5.56 Å². The summed E-state index contributed by atoms with van der Waals surface area (Å²) >= 11 is 0. The first-order chi connectivity index (χ1) is 12.6. The molecule has 5 heteroatoms. The summed E-state index contributed by atoms with van der Waals surface area (Å²) in [6.45, 7) is 0. The van der Waals surface area contributed by atoms with Gasteiger partial charge in [0.1, 0.15) is 5.75 Å². The van der Waals surface area contributed by atoms with E-state index in [1.54, 1.807) is 18.2 Å². The summed E-state index contributed by atoms with van der Waals surface area (Å²) in [5.74, 6) is 0.724. The fourth-order valence-corrected chi connectivity index (χ4v) is 5.07. The highest BCUT2D eigenvalue weighted by atomic mass is 16.5. The zero-order chi connectivity index (χ0) is 17.8. The van der Waals surface area contributed by atoms with E-state index in [0.29, 0.717) is 29.5 Å². The zero-order valence-electron chi connectivity index (χ0n) is 14.3. The van der Waals surface area contributed by atoms with Crippen molar-refractivity contribution in [1.82, 2.24) is 5.32 Å². The minimum absolute atomic E-state index is 0.107. The number of fused-ring (bicyclic) bond motifs is 4. The summed E-state index contributed by atoms with van der Waals surface area (Å²) in [6.07, 6.45) is 4.64. The van der Waals surface area contributed by atoms with Gasteiger partial charge in [0, 0.05) is 29.1 Å². The van der Waals surface area contributed by atoms with Crippen molar-refractivity contribution in [3.05, 3.63) is 53.1 Å². The van der Waals surface area contributed by atoms with Crippen LogP contribution in [0, 0.1) is 5.92 Å². The van der Waals surface area contributed by atoms with E-state index in [2.05, 4.69) is 5.32 Å². The molecule has 134 valence electrons. The Hall–Kier alpha value is -2.53. The molecule has 3 aliphatic rings. The summed E-state index contributed by atoms with van der Waals surface area (Å²) in [7, 11) is 0. The number of carboxylic acids is 1. The summed E-state index contributed by atoms with van der Waals surface area (Å²) in [5, 5.41) is 23.3. The smallest absolute Gasteiger partial charge is 0.335 e. The van der Waals surface area contributed by atoms with Crippen LogP contribution in [0.4, 0.5) is 0 Å². The lowest BCUT2D eigenvalue weighted by Gasteiger charge is -2.38. The van der Waals surface area contributed by atoms with Gasteiger partial charge in [-0.2, -0.15) is 0 Å². The molecular formula is C21H21NO4. The molecule has 0 aromatic heterocycles. The SMILES string of the molecule is O=C(O)c1ccc2c(c1)Oc1c(O)cccc1C2C1CC2CCC(C1)N2. The maximum absolute atomic E-state index is 11.4. The summed E-state index contributed by atoms with van der Waals surface area (Å²) in [5.41, 5.74) is 2.23. The maximum atomic E-state index is 11.4. The fourth-order valence-electron chi connectivity index (χ4n) is 5.07. The van der Waals surface area contributed by atoms with Gasteiger partial charge in [-0.25, -0.2) is 4.79 Å². The van der Waals surface area contributed by atoms with Crippen LogP contribution in [-0.2, 0) is 0 Å². The molecule has 3 heterocycles. The van der Waals surface area contributed by atoms with Gasteiger partial charge < -0.3 is 20.3 Å². The monoisotopic (exact) mass is 351 g/mol. The Balaban J connectivity index is 1.64. The number of ether oxygens (including phenoxy) is 1. The quantitative estimate of drug-likeness (QED) is 0.766. The van der Waals surface area contributed by atoms with E-state index in [4.69, 9.17) is 4.74 Å². The van der Waals surface area contributed by atoms with E-state index >= 15 is 0 Å². The number of benzene rings is 2. The Morgan fingerprint density at radius 3 is 2.58 bits per heavy atom. The molecule has 3 atom stereocenters. The number of hydrogen-bond donors (Lipinski definition) is 3. The van der Waals surface area contributed by atoms with Gasteiger partial charge in [0.15, 0.2) is 11.5 Å². The number of nitrogens with one attached hydrogen (secondary N) is 1. The van der Waals surface area contributed by atoms with Crippen molar-refractivity contribution in [2.24, 2.45) is 5.92 Å². The number of carbonyl (C=O) groups is 1. The summed E-state index contributed by atoms with van der Waals surface area (Å²) < 4.78 is 5.96. The van der Waals surface area contributed by atoms with Crippen molar-refractivity contribution in [3.63, 3.8) is 0 Å². The number of piperidine rings is 1. The van der Waals surface area contributed by atoms with Gasteiger partial charge in [-0.1, -0.05) is 18.2 Å². The van der Waals surface area contributed by atoms with Crippen LogP contribution in [-0.4, -0.2) is 28.3 Å². The Bertz CT molecular complexity index is 882. The fraction of sp³-hybridized carbons (Fsp3) is 0.381. The number of rotatable bonds is 2. The molecule has 5 rings (SSSR count). The number of hydrogen-bond acceptors (Lipinski definition) is 4. The van der Waals surface area contributed by atoms with Crippen LogP contribution >= 0.6 is 0 Å². The molecule has 0 aliphatic carbocycles. The third-order valence-electron chi connectivity index (χ3n) is 6.15. The number of aromatic carboxylic acids is 1. The first-order valence-electron chi connectivity index (χ1n) is 9.23. The number of carboxylic acid groups (broad SMARTS) is 1. The van der Waals surface area contributed by atoms with E-state index in [1.807, 2.05) is 18.2 Å². The second kappa shape index (κ2) is 5.74. The zero-order valence-corrected chi connectivity index (χ0v) is 14.3. The van der Waals surface area contributed by atoms with Crippen molar-refractivity contribution < 1.29 is 19.7 Å². The van der Waals surface area contributed by atoms with Crippen LogP contribution in [0.5, 0.6) is 17.2 Å². The highest BCUT2D eigenvalue weighted by molar-refractivity contribution is 5.88. The molecule has 2 fully saturated rings. The van der Waals surface area contributed by atoms with E-state index in [9.17, 15) is 15.0 Å². The van der Waals surface area contributed by atoms with E-state index < -0.39 is 5.97 Å². The molecular weight excluding hydrogens is 330 g/mol. The van der Waals surface area contributed by atoms with Crippen molar-refractivity contribution in [2.45, 2.75) is 43.7 Å². The number of phenols is 1. The average Bonchev–Trinajstić information content (AvgIpc) is 2.97. The van der Waals surface area contributed by atoms with Crippen LogP contribution in [0.15, 0.2) is 36.4 Å². The van der Waals surface area contributed by atoms with Crippen LogP contribution in [0.1, 0.15) is 53.1 Å². The molecule has 0 spiro atoms. The van der Waals surface area contributed by atoms with Crippen LogP contribution < -0.4 is 10.1 Å². The normalized spacial score (nSPS) is 28.8. The van der Waals surface area contributed by atoms with Gasteiger partial charge in [-0.05, 0) is 49.8 Å². The van der Waals surface area contributed by atoms with E-state index in [1.165, 1.54) is 12.8 Å². The van der Waals surface area contributed by atoms with Crippen molar-refractivity contribution in [3.8, 4) is 17.2 Å². The predicted molar refractivity (Wildman–Crippen MR) is 96.1 cm³/mol. The molecule has 0 radical (unpaired) electrons. The Labute approximate surface area is 151 Å². The number of phenolic OH excluding ortho intramolecular Hbond substituents is 1. The predicted octanol–water partition coefficient (Wildman–Crippen LogP) is 3.86. The van der Waals surface area contributed by atoms with Gasteiger partial charge in [0.25, 0.3) is 0 Å². The minimum Gasteiger partial charge on any atom is -0.504 e.